The Bertz CT molecular complexity index is 541. The Hall–Kier alpha value is -1.69. The number of fused-ring (bicyclic) bond motifs is 1. The number of esters is 1. The SMILES string of the molecule is CCOC(=O)/C=C/c1sc2ncnn2c1C. The quantitative estimate of drug-likeness (QED) is 0.602. The Balaban J connectivity index is 2.24. The van der Waals surface area contributed by atoms with Crippen molar-refractivity contribution in [3.8, 4) is 0 Å². The van der Waals surface area contributed by atoms with Crippen molar-refractivity contribution < 1.29 is 9.53 Å². The molecule has 2 aromatic heterocycles. The van der Waals surface area contributed by atoms with E-state index in [0.717, 1.165) is 15.5 Å². The molecule has 0 saturated carbocycles. The topological polar surface area (TPSA) is 56.5 Å². The maximum atomic E-state index is 11.1. The molecular weight excluding hydrogens is 226 g/mol. The van der Waals surface area contributed by atoms with Crippen molar-refractivity contribution in [1.82, 2.24) is 14.6 Å². The molecule has 2 aromatic rings. The molecule has 0 aromatic carbocycles. The molecule has 5 nitrogen and oxygen atoms in total. The second-order valence-corrected chi connectivity index (χ2v) is 4.10. The van der Waals surface area contributed by atoms with E-state index >= 15 is 0 Å². The van der Waals surface area contributed by atoms with Crippen molar-refractivity contribution in [2.45, 2.75) is 13.8 Å². The third kappa shape index (κ3) is 1.96. The highest BCUT2D eigenvalue weighted by atomic mass is 32.1. The molecule has 16 heavy (non-hydrogen) atoms. The molecule has 2 heterocycles. The van der Waals surface area contributed by atoms with Gasteiger partial charge in [0.2, 0.25) is 4.96 Å². The van der Waals surface area contributed by atoms with E-state index in [1.165, 1.54) is 23.7 Å². The standard InChI is InChI=1S/C10H11N3O2S/c1-3-15-9(14)5-4-8-7(2)13-10(16-8)11-6-12-13/h4-6H,3H2,1-2H3/b5-4+. The zero-order valence-electron chi connectivity index (χ0n) is 9.01. The van der Waals surface area contributed by atoms with Crippen molar-refractivity contribution in [2.24, 2.45) is 0 Å². The van der Waals surface area contributed by atoms with Gasteiger partial charge in [0.15, 0.2) is 0 Å². The number of aromatic nitrogens is 3. The first kappa shape index (κ1) is 10.8. The van der Waals surface area contributed by atoms with Gasteiger partial charge in [-0.15, -0.1) is 0 Å². The molecule has 0 aliphatic carbocycles. The van der Waals surface area contributed by atoms with E-state index < -0.39 is 0 Å². The third-order valence-corrected chi connectivity index (χ3v) is 3.16. The van der Waals surface area contributed by atoms with Gasteiger partial charge in [-0.3, -0.25) is 0 Å². The first-order valence-electron chi connectivity index (χ1n) is 4.86. The van der Waals surface area contributed by atoms with Crippen molar-refractivity contribution in [3.63, 3.8) is 0 Å². The Kier molecular flexibility index (Phi) is 3.00. The lowest BCUT2D eigenvalue weighted by Crippen LogP contribution is -1.98. The van der Waals surface area contributed by atoms with Gasteiger partial charge in [0.05, 0.1) is 17.2 Å². The van der Waals surface area contributed by atoms with Crippen LogP contribution in [-0.2, 0) is 9.53 Å². The summed E-state index contributed by atoms with van der Waals surface area (Å²) in [5.74, 6) is -0.333. The molecule has 2 rings (SSSR count). The summed E-state index contributed by atoms with van der Waals surface area (Å²) in [4.78, 5) is 17.0. The van der Waals surface area contributed by atoms with Crippen LogP contribution in [0.5, 0.6) is 0 Å². The Morgan fingerprint density at radius 2 is 2.50 bits per heavy atom. The van der Waals surface area contributed by atoms with Crippen LogP contribution in [0.4, 0.5) is 0 Å². The van der Waals surface area contributed by atoms with Gasteiger partial charge >= 0.3 is 5.97 Å². The molecule has 0 saturated heterocycles. The summed E-state index contributed by atoms with van der Waals surface area (Å²) in [6.45, 7) is 4.10. The van der Waals surface area contributed by atoms with Crippen LogP contribution in [0, 0.1) is 6.92 Å². The molecule has 0 aliphatic rings. The number of aryl methyl sites for hydroxylation is 1. The zero-order chi connectivity index (χ0) is 11.5. The average molecular weight is 237 g/mol. The number of nitrogens with zero attached hydrogens (tertiary/aromatic N) is 3. The first-order chi connectivity index (χ1) is 7.72. The van der Waals surface area contributed by atoms with Crippen LogP contribution < -0.4 is 0 Å². The summed E-state index contributed by atoms with van der Waals surface area (Å²) in [6.07, 6.45) is 4.66. The van der Waals surface area contributed by atoms with E-state index in [0.29, 0.717) is 6.61 Å². The van der Waals surface area contributed by atoms with Gasteiger partial charge in [0, 0.05) is 6.08 Å². The summed E-state index contributed by atoms with van der Waals surface area (Å²) in [7, 11) is 0. The molecule has 0 amide bonds. The highest BCUT2D eigenvalue weighted by Crippen LogP contribution is 2.21. The highest BCUT2D eigenvalue weighted by Gasteiger charge is 2.07. The fourth-order valence-electron chi connectivity index (χ4n) is 1.30. The van der Waals surface area contributed by atoms with Gasteiger partial charge in [-0.2, -0.15) is 5.10 Å². The van der Waals surface area contributed by atoms with Gasteiger partial charge in [-0.05, 0) is 19.9 Å². The number of carbonyl (C=O) groups excluding carboxylic acids is 1. The minimum atomic E-state index is -0.333. The molecule has 0 bridgehead atoms. The van der Waals surface area contributed by atoms with Gasteiger partial charge < -0.3 is 4.74 Å². The summed E-state index contributed by atoms with van der Waals surface area (Å²) >= 11 is 1.49. The van der Waals surface area contributed by atoms with Crippen molar-refractivity contribution in [2.75, 3.05) is 6.61 Å². The van der Waals surface area contributed by atoms with E-state index in [1.807, 2.05) is 6.92 Å². The molecule has 6 heteroatoms. The fraction of sp³-hybridized carbons (Fsp3) is 0.300. The first-order valence-corrected chi connectivity index (χ1v) is 5.68. The summed E-state index contributed by atoms with van der Waals surface area (Å²) in [6, 6.07) is 0. The molecule has 0 spiro atoms. The van der Waals surface area contributed by atoms with Gasteiger partial charge in [0.1, 0.15) is 6.33 Å². The van der Waals surface area contributed by atoms with Crippen LogP contribution in [0.15, 0.2) is 12.4 Å². The van der Waals surface area contributed by atoms with Crippen molar-refractivity contribution in [3.05, 3.63) is 23.0 Å². The number of rotatable bonds is 3. The maximum absolute atomic E-state index is 11.1. The van der Waals surface area contributed by atoms with Gasteiger partial charge in [0.25, 0.3) is 0 Å². The Labute approximate surface area is 96.4 Å². The lowest BCUT2D eigenvalue weighted by molar-refractivity contribution is -0.137. The number of carbonyl (C=O) groups is 1. The normalized spacial score (nSPS) is 11.4. The third-order valence-electron chi connectivity index (χ3n) is 2.05. The van der Waals surface area contributed by atoms with Crippen LogP contribution >= 0.6 is 11.3 Å². The molecule has 84 valence electrons. The zero-order valence-corrected chi connectivity index (χ0v) is 9.82. The molecule has 0 fully saturated rings. The van der Waals surface area contributed by atoms with Crippen LogP contribution in [0.3, 0.4) is 0 Å². The van der Waals surface area contributed by atoms with Crippen LogP contribution in [0.2, 0.25) is 0 Å². The summed E-state index contributed by atoms with van der Waals surface area (Å²) < 4.78 is 6.55. The lowest BCUT2D eigenvalue weighted by Gasteiger charge is -1.94. The number of hydrogen-bond donors (Lipinski definition) is 0. The van der Waals surface area contributed by atoms with E-state index in [1.54, 1.807) is 17.5 Å². The predicted octanol–water partition coefficient (Wildman–Crippen LogP) is 1.68. The van der Waals surface area contributed by atoms with Crippen molar-refractivity contribution >= 4 is 28.3 Å². The number of hydrogen-bond acceptors (Lipinski definition) is 5. The molecular formula is C10H11N3O2S. The monoisotopic (exact) mass is 237 g/mol. The molecule has 0 N–H and O–H groups in total. The molecule has 0 radical (unpaired) electrons. The highest BCUT2D eigenvalue weighted by molar-refractivity contribution is 7.18. The van der Waals surface area contributed by atoms with Crippen molar-refractivity contribution in [1.29, 1.82) is 0 Å². The van der Waals surface area contributed by atoms with E-state index in [4.69, 9.17) is 4.74 Å². The van der Waals surface area contributed by atoms with Crippen LogP contribution in [0.25, 0.3) is 11.0 Å². The van der Waals surface area contributed by atoms with E-state index in [2.05, 4.69) is 10.1 Å². The van der Waals surface area contributed by atoms with E-state index in [-0.39, 0.29) is 5.97 Å². The smallest absolute Gasteiger partial charge is 0.330 e. The largest absolute Gasteiger partial charge is 0.463 e. The summed E-state index contributed by atoms with van der Waals surface area (Å²) in [5, 5.41) is 4.07. The number of ether oxygens (including phenoxy) is 1. The minimum Gasteiger partial charge on any atom is -0.463 e. The van der Waals surface area contributed by atoms with Gasteiger partial charge in [-0.25, -0.2) is 14.3 Å². The van der Waals surface area contributed by atoms with Gasteiger partial charge in [-0.1, -0.05) is 11.3 Å². The molecule has 0 atom stereocenters. The van der Waals surface area contributed by atoms with Crippen LogP contribution in [-0.4, -0.2) is 27.2 Å². The lowest BCUT2D eigenvalue weighted by atomic mass is 10.3. The maximum Gasteiger partial charge on any atom is 0.330 e. The predicted molar refractivity (Wildman–Crippen MR) is 61.3 cm³/mol. The Morgan fingerprint density at radius 3 is 3.19 bits per heavy atom. The second kappa shape index (κ2) is 4.44. The number of thiazole rings is 1. The molecule has 0 unspecified atom stereocenters. The Morgan fingerprint density at radius 1 is 1.69 bits per heavy atom. The minimum absolute atomic E-state index is 0.333. The van der Waals surface area contributed by atoms with Crippen LogP contribution in [0.1, 0.15) is 17.5 Å². The molecule has 0 aliphatic heterocycles. The average Bonchev–Trinajstić information content (AvgIpc) is 2.80. The summed E-state index contributed by atoms with van der Waals surface area (Å²) in [5.41, 5.74) is 0.970. The fourth-order valence-corrected chi connectivity index (χ4v) is 2.23. The van der Waals surface area contributed by atoms with E-state index in [9.17, 15) is 4.79 Å². The second-order valence-electron chi connectivity index (χ2n) is 3.09.